The van der Waals surface area contributed by atoms with Gasteiger partial charge in [0.15, 0.2) is 11.1 Å². The molecular formula is C18H31IN8S. The Morgan fingerprint density at radius 2 is 2.07 bits per heavy atom. The fourth-order valence-corrected chi connectivity index (χ4v) is 4.04. The predicted octanol–water partition coefficient (Wildman–Crippen LogP) is 2.31. The van der Waals surface area contributed by atoms with Gasteiger partial charge in [-0.05, 0) is 19.8 Å². The van der Waals surface area contributed by atoms with Gasteiger partial charge in [0.05, 0.1) is 5.69 Å². The van der Waals surface area contributed by atoms with Crippen LogP contribution in [0.1, 0.15) is 38.2 Å². The predicted molar refractivity (Wildman–Crippen MR) is 126 cm³/mol. The number of nitrogens with zero attached hydrogens (tertiary/aromatic N) is 6. The maximum absolute atomic E-state index is 4.77. The Kier molecular flexibility index (Phi) is 9.96. The van der Waals surface area contributed by atoms with Gasteiger partial charge in [0.2, 0.25) is 0 Å². The summed E-state index contributed by atoms with van der Waals surface area (Å²) in [6.45, 7) is 9.64. The number of anilines is 1. The van der Waals surface area contributed by atoms with E-state index in [1.54, 1.807) is 17.7 Å². The Morgan fingerprint density at radius 3 is 2.82 bits per heavy atom. The molecule has 2 aromatic rings. The van der Waals surface area contributed by atoms with Crippen molar-refractivity contribution >= 4 is 46.4 Å². The lowest BCUT2D eigenvalue weighted by atomic mass is 10.3. The van der Waals surface area contributed by atoms with E-state index >= 15 is 0 Å². The first-order chi connectivity index (χ1) is 13.3. The van der Waals surface area contributed by atoms with Crippen molar-refractivity contribution in [2.24, 2.45) is 4.99 Å². The molecule has 10 heteroatoms. The summed E-state index contributed by atoms with van der Waals surface area (Å²) in [4.78, 5) is 11.8. The number of aryl methyl sites for hydroxylation is 1. The van der Waals surface area contributed by atoms with E-state index in [4.69, 9.17) is 4.98 Å². The molecule has 0 radical (unpaired) electrons. The minimum absolute atomic E-state index is 0. The first-order valence-corrected chi connectivity index (χ1v) is 10.8. The van der Waals surface area contributed by atoms with E-state index in [0.29, 0.717) is 0 Å². The van der Waals surface area contributed by atoms with Crippen molar-refractivity contribution in [3.05, 3.63) is 23.2 Å². The molecule has 3 heterocycles. The summed E-state index contributed by atoms with van der Waals surface area (Å²) in [5.41, 5.74) is 1.14. The molecular weight excluding hydrogens is 487 g/mol. The van der Waals surface area contributed by atoms with Gasteiger partial charge in [-0.25, -0.2) is 4.98 Å². The highest BCUT2D eigenvalue weighted by Gasteiger charge is 2.15. The molecule has 3 rings (SSSR count). The summed E-state index contributed by atoms with van der Waals surface area (Å²) >= 11 is 1.75. The van der Waals surface area contributed by atoms with E-state index in [0.717, 1.165) is 74.7 Å². The van der Waals surface area contributed by atoms with Crippen LogP contribution >= 0.6 is 35.3 Å². The van der Waals surface area contributed by atoms with Crippen molar-refractivity contribution in [1.29, 1.82) is 0 Å². The van der Waals surface area contributed by atoms with Crippen molar-refractivity contribution in [1.82, 2.24) is 30.4 Å². The van der Waals surface area contributed by atoms with E-state index in [-0.39, 0.29) is 24.0 Å². The van der Waals surface area contributed by atoms with Gasteiger partial charge >= 0.3 is 0 Å². The molecule has 156 valence electrons. The van der Waals surface area contributed by atoms with Gasteiger partial charge in [-0.1, -0.05) is 6.92 Å². The van der Waals surface area contributed by atoms with Gasteiger partial charge in [-0.3, -0.25) is 4.99 Å². The molecule has 0 saturated carbocycles. The standard InChI is InChI=1S/C18H30N8S.HI/c1-3-16-24-22-14-26(16)12-9-21-17(19-4-2)20-8-7-15-13-27-18(23-15)25-10-5-6-11-25;/h13-14H,3-12H2,1-2H3,(H2,19,20,21);1H. The van der Waals surface area contributed by atoms with Crippen LogP contribution in [0.3, 0.4) is 0 Å². The number of nitrogens with one attached hydrogen (secondary N) is 2. The number of aromatic nitrogens is 4. The average Bonchev–Trinajstić information content (AvgIpc) is 3.42. The van der Waals surface area contributed by atoms with Crippen LogP contribution in [-0.2, 0) is 19.4 Å². The maximum atomic E-state index is 4.77. The van der Waals surface area contributed by atoms with Gasteiger partial charge in [0, 0.05) is 57.5 Å². The molecule has 1 saturated heterocycles. The second-order valence-corrected chi connectivity index (χ2v) is 7.38. The Hall–Kier alpha value is -1.43. The summed E-state index contributed by atoms with van der Waals surface area (Å²) in [6, 6.07) is 0. The summed E-state index contributed by atoms with van der Waals surface area (Å²) < 4.78 is 2.08. The number of guanidine groups is 1. The number of aliphatic imine (C=N–C) groups is 1. The molecule has 0 aliphatic carbocycles. The summed E-state index contributed by atoms with van der Waals surface area (Å²) in [5, 5.41) is 18.1. The van der Waals surface area contributed by atoms with Crippen LogP contribution in [0.25, 0.3) is 0 Å². The first-order valence-electron chi connectivity index (χ1n) is 9.88. The zero-order valence-corrected chi connectivity index (χ0v) is 19.9. The molecule has 8 nitrogen and oxygen atoms in total. The van der Waals surface area contributed by atoms with Crippen LogP contribution in [0.4, 0.5) is 5.13 Å². The number of halogens is 1. The van der Waals surface area contributed by atoms with E-state index in [2.05, 4.69) is 54.5 Å². The van der Waals surface area contributed by atoms with Crippen LogP contribution in [-0.4, -0.2) is 58.4 Å². The molecule has 2 N–H and O–H groups in total. The highest BCUT2D eigenvalue weighted by atomic mass is 127. The van der Waals surface area contributed by atoms with Crippen LogP contribution in [0.15, 0.2) is 16.7 Å². The minimum atomic E-state index is 0. The number of hydrogen-bond acceptors (Lipinski definition) is 6. The smallest absolute Gasteiger partial charge is 0.191 e. The maximum Gasteiger partial charge on any atom is 0.191 e. The van der Waals surface area contributed by atoms with E-state index in [1.807, 2.05) is 0 Å². The normalized spacial score (nSPS) is 14.2. The molecule has 1 fully saturated rings. The third kappa shape index (κ3) is 6.57. The van der Waals surface area contributed by atoms with E-state index < -0.39 is 0 Å². The fourth-order valence-electron chi connectivity index (χ4n) is 3.12. The second-order valence-electron chi connectivity index (χ2n) is 6.55. The molecule has 0 amide bonds. The van der Waals surface area contributed by atoms with Gasteiger partial charge in [-0.15, -0.1) is 45.5 Å². The summed E-state index contributed by atoms with van der Waals surface area (Å²) in [7, 11) is 0. The van der Waals surface area contributed by atoms with Crippen LogP contribution < -0.4 is 15.5 Å². The quantitative estimate of drug-likeness (QED) is 0.301. The van der Waals surface area contributed by atoms with Crippen LogP contribution in [0.2, 0.25) is 0 Å². The average molecular weight is 518 g/mol. The number of rotatable bonds is 9. The van der Waals surface area contributed by atoms with Crippen molar-refractivity contribution in [2.75, 3.05) is 37.6 Å². The first kappa shape index (κ1) is 22.9. The van der Waals surface area contributed by atoms with Crippen LogP contribution in [0, 0.1) is 0 Å². The lowest BCUT2D eigenvalue weighted by molar-refractivity contribution is 0.632. The summed E-state index contributed by atoms with van der Waals surface area (Å²) in [5.74, 6) is 1.86. The number of thiazole rings is 1. The van der Waals surface area contributed by atoms with Crippen molar-refractivity contribution in [3.8, 4) is 0 Å². The lowest BCUT2D eigenvalue weighted by Crippen LogP contribution is -2.39. The SMILES string of the molecule is CCNC(=NCCc1csc(N2CCCC2)n1)NCCn1cnnc1CC.I. The molecule has 0 atom stereocenters. The van der Waals surface area contributed by atoms with Crippen molar-refractivity contribution in [3.63, 3.8) is 0 Å². The monoisotopic (exact) mass is 518 g/mol. The Labute approximate surface area is 188 Å². The molecule has 0 aromatic carbocycles. The minimum Gasteiger partial charge on any atom is -0.357 e. The zero-order valence-electron chi connectivity index (χ0n) is 16.7. The highest BCUT2D eigenvalue weighted by molar-refractivity contribution is 14.0. The molecule has 0 spiro atoms. The Bertz CT molecular complexity index is 723. The molecule has 0 bridgehead atoms. The van der Waals surface area contributed by atoms with Crippen molar-refractivity contribution < 1.29 is 0 Å². The van der Waals surface area contributed by atoms with Crippen LogP contribution in [0.5, 0.6) is 0 Å². The molecule has 1 aliphatic heterocycles. The van der Waals surface area contributed by atoms with E-state index in [9.17, 15) is 0 Å². The van der Waals surface area contributed by atoms with Gasteiger partial charge < -0.3 is 20.1 Å². The Morgan fingerprint density at radius 1 is 1.25 bits per heavy atom. The third-order valence-electron chi connectivity index (χ3n) is 4.56. The lowest BCUT2D eigenvalue weighted by Gasteiger charge is -2.12. The van der Waals surface area contributed by atoms with Crippen molar-refractivity contribution in [2.45, 2.75) is 46.1 Å². The summed E-state index contributed by atoms with van der Waals surface area (Å²) in [6.07, 6.45) is 6.11. The van der Waals surface area contributed by atoms with Gasteiger partial charge in [-0.2, -0.15) is 0 Å². The Balaban J connectivity index is 0.00000280. The number of hydrogen-bond donors (Lipinski definition) is 2. The molecule has 28 heavy (non-hydrogen) atoms. The fraction of sp³-hybridized carbons (Fsp3) is 0.667. The van der Waals surface area contributed by atoms with E-state index in [1.165, 1.54) is 12.8 Å². The molecule has 0 unspecified atom stereocenters. The van der Waals surface area contributed by atoms with Gasteiger partial charge in [0.25, 0.3) is 0 Å². The van der Waals surface area contributed by atoms with Gasteiger partial charge in [0.1, 0.15) is 12.2 Å². The molecule has 1 aliphatic rings. The molecule has 2 aromatic heterocycles. The third-order valence-corrected chi connectivity index (χ3v) is 5.51. The zero-order chi connectivity index (χ0) is 18.9. The highest BCUT2D eigenvalue weighted by Crippen LogP contribution is 2.24. The topological polar surface area (TPSA) is 83.3 Å². The second kappa shape index (κ2) is 12.2. The largest absolute Gasteiger partial charge is 0.357 e.